The Morgan fingerprint density at radius 1 is 1.35 bits per heavy atom. The molecule has 2 aliphatic heterocycles. The van der Waals surface area contributed by atoms with Gasteiger partial charge in [0.1, 0.15) is 11.6 Å². The van der Waals surface area contributed by atoms with E-state index in [4.69, 9.17) is 15.2 Å². The molecule has 0 amide bonds. The minimum absolute atomic E-state index is 0. The maximum absolute atomic E-state index is 13.6. The largest absolute Gasteiger partial charge is 0.467 e. The van der Waals surface area contributed by atoms with Gasteiger partial charge in [-0.1, -0.05) is 0 Å². The number of thioether (sulfide) groups is 1. The highest BCUT2D eigenvalue weighted by Crippen LogP contribution is 2.29. The highest BCUT2D eigenvalue weighted by atomic mass is 127. The molecular formula is C15H21FIN3O2S. The number of hydrogen-bond acceptors (Lipinski definition) is 4. The molecule has 0 spiro atoms. The van der Waals surface area contributed by atoms with Gasteiger partial charge in [-0.15, -0.1) is 24.0 Å². The van der Waals surface area contributed by atoms with Gasteiger partial charge in [0.15, 0.2) is 12.8 Å². The summed E-state index contributed by atoms with van der Waals surface area (Å²) in [7, 11) is 0. The molecule has 0 radical (unpaired) electrons. The van der Waals surface area contributed by atoms with Crippen molar-refractivity contribution >= 4 is 41.7 Å². The summed E-state index contributed by atoms with van der Waals surface area (Å²) in [5, 5.41) is 0. The summed E-state index contributed by atoms with van der Waals surface area (Å²) in [5.41, 5.74) is 7.60. The lowest BCUT2D eigenvalue weighted by molar-refractivity contribution is -0.0172. The lowest BCUT2D eigenvalue weighted by Gasteiger charge is -2.27. The number of hydrogen-bond donors (Lipinski definition) is 1. The molecule has 0 unspecified atom stereocenters. The summed E-state index contributed by atoms with van der Waals surface area (Å²) in [6.07, 6.45) is 0.601. The quantitative estimate of drug-likeness (QED) is 0.432. The van der Waals surface area contributed by atoms with Crippen LogP contribution in [0.15, 0.2) is 17.1 Å². The predicted octanol–water partition coefficient (Wildman–Crippen LogP) is 2.22. The predicted molar refractivity (Wildman–Crippen MR) is 101 cm³/mol. The molecule has 0 aromatic heterocycles. The van der Waals surface area contributed by atoms with Gasteiger partial charge >= 0.3 is 0 Å². The number of nitrogens with zero attached hydrogens (tertiary/aromatic N) is 2. The molecule has 8 heteroatoms. The van der Waals surface area contributed by atoms with Crippen molar-refractivity contribution in [1.29, 1.82) is 0 Å². The molecule has 0 atom stereocenters. The van der Waals surface area contributed by atoms with Crippen molar-refractivity contribution in [1.82, 2.24) is 4.90 Å². The van der Waals surface area contributed by atoms with Crippen molar-refractivity contribution < 1.29 is 13.9 Å². The molecule has 3 rings (SSSR count). The molecule has 0 saturated carbocycles. The number of nitrogens with two attached hydrogens (primary N) is 1. The standard InChI is InChI=1S/C15H20FN3O2S.HI/c16-13-7-11(14-12(8-13)9-20-10-21-14)1-2-18-15(17)19-3-5-22-6-4-19;/h7-8H,1-6,9-10H2,(H2,17,18);1H. The van der Waals surface area contributed by atoms with Crippen LogP contribution in [0.5, 0.6) is 5.75 Å². The molecule has 2 N–H and O–H groups in total. The van der Waals surface area contributed by atoms with Gasteiger partial charge in [0.05, 0.1) is 6.61 Å². The molecule has 1 saturated heterocycles. The Morgan fingerprint density at radius 2 is 2.13 bits per heavy atom. The van der Waals surface area contributed by atoms with E-state index in [1.165, 1.54) is 12.1 Å². The molecule has 1 fully saturated rings. The van der Waals surface area contributed by atoms with Crippen LogP contribution in [-0.2, 0) is 17.8 Å². The van der Waals surface area contributed by atoms with Crippen LogP contribution in [0.25, 0.3) is 0 Å². The second kappa shape index (κ2) is 8.93. The fourth-order valence-corrected chi connectivity index (χ4v) is 3.53. The van der Waals surface area contributed by atoms with Gasteiger partial charge in [-0.3, -0.25) is 4.99 Å². The van der Waals surface area contributed by atoms with Crippen molar-refractivity contribution in [3.63, 3.8) is 0 Å². The molecule has 0 bridgehead atoms. The first-order valence-electron chi connectivity index (χ1n) is 7.38. The maximum atomic E-state index is 13.6. The van der Waals surface area contributed by atoms with E-state index in [2.05, 4.69) is 9.89 Å². The Hall–Kier alpha value is -0.740. The van der Waals surface area contributed by atoms with E-state index in [1.54, 1.807) is 0 Å². The van der Waals surface area contributed by atoms with E-state index < -0.39 is 0 Å². The third-order valence-electron chi connectivity index (χ3n) is 3.74. The number of guanidine groups is 1. The minimum Gasteiger partial charge on any atom is -0.467 e. The highest BCUT2D eigenvalue weighted by molar-refractivity contribution is 14.0. The summed E-state index contributed by atoms with van der Waals surface area (Å²) in [6, 6.07) is 2.97. The SMILES string of the molecule is I.NC(=NCCc1cc(F)cc2c1OCOC2)N1CCSCC1. The number of benzene rings is 1. The fourth-order valence-electron chi connectivity index (χ4n) is 2.63. The molecule has 2 aliphatic rings. The summed E-state index contributed by atoms with van der Waals surface area (Å²) >= 11 is 1.93. The van der Waals surface area contributed by atoms with Crippen LogP contribution in [0, 0.1) is 5.82 Å². The average molecular weight is 453 g/mol. The number of rotatable bonds is 3. The van der Waals surface area contributed by atoms with Crippen molar-refractivity contribution in [2.45, 2.75) is 13.0 Å². The maximum Gasteiger partial charge on any atom is 0.191 e. The number of fused-ring (bicyclic) bond motifs is 1. The second-order valence-electron chi connectivity index (χ2n) is 5.25. The molecule has 2 heterocycles. The minimum atomic E-state index is -0.271. The van der Waals surface area contributed by atoms with Gasteiger partial charge in [0.25, 0.3) is 0 Å². The van der Waals surface area contributed by atoms with Gasteiger partial charge in [-0.25, -0.2) is 4.39 Å². The molecule has 1 aromatic rings. The first kappa shape index (κ1) is 18.6. The molecule has 5 nitrogen and oxygen atoms in total. The molecule has 1 aromatic carbocycles. The highest BCUT2D eigenvalue weighted by Gasteiger charge is 2.17. The van der Waals surface area contributed by atoms with Gasteiger partial charge in [0.2, 0.25) is 0 Å². The Balaban J connectivity index is 0.00000192. The van der Waals surface area contributed by atoms with Crippen LogP contribution in [0.1, 0.15) is 11.1 Å². The Bertz CT molecular complexity index is 568. The van der Waals surface area contributed by atoms with E-state index in [9.17, 15) is 4.39 Å². The molecule has 23 heavy (non-hydrogen) atoms. The second-order valence-corrected chi connectivity index (χ2v) is 6.48. The smallest absolute Gasteiger partial charge is 0.191 e. The van der Waals surface area contributed by atoms with Gasteiger partial charge in [-0.05, 0) is 24.1 Å². The average Bonchev–Trinajstić information content (AvgIpc) is 2.55. The van der Waals surface area contributed by atoms with Crippen molar-refractivity contribution in [3.05, 3.63) is 29.1 Å². The lowest BCUT2D eigenvalue weighted by Crippen LogP contribution is -2.42. The van der Waals surface area contributed by atoms with E-state index in [0.29, 0.717) is 25.5 Å². The van der Waals surface area contributed by atoms with Crippen LogP contribution in [-0.4, -0.2) is 48.8 Å². The summed E-state index contributed by atoms with van der Waals surface area (Å²) in [6.45, 7) is 3.00. The van der Waals surface area contributed by atoms with Crippen molar-refractivity contribution in [3.8, 4) is 5.75 Å². The fraction of sp³-hybridized carbons (Fsp3) is 0.533. The Labute approximate surface area is 156 Å². The zero-order chi connectivity index (χ0) is 15.4. The summed E-state index contributed by atoms with van der Waals surface area (Å²) in [4.78, 5) is 6.52. The number of aliphatic imine (C=N–C) groups is 1. The number of ether oxygens (including phenoxy) is 2. The first-order chi connectivity index (χ1) is 10.7. The van der Waals surface area contributed by atoms with Crippen LogP contribution < -0.4 is 10.5 Å². The van der Waals surface area contributed by atoms with Crippen LogP contribution in [0.2, 0.25) is 0 Å². The Kier molecular flexibility index (Phi) is 7.22. The zero-order valence-corrected chi connectivity index (χ0v) is 15.9. The summed E-state index contributed by atoms with van der Waals surface area (Å²) < 4.78 is 24.3. The third kappa shape index (κ3) is 4.87. The van der Waals surface area contributed by atoms with Crippen molar-refractivity contribution in [2.75, 3.05) is 37.9 Å². The first-order valence-corrected chi connectivity index (χ1v) is 8.54. The van der Waals surface area contributed by atoms with Crippen LogP contribution >= 0.6 is 35.7 Å². The van der Waals surface area contributed by atoms with Crippen LogP contribution in [0.4, 0.5) is 4.39 Å². The van der Waals surface area contributed by atoms with Gasteiger partial charge in [-0.2, -0.15) is 11.8 Å². The lowest BCUT2D eigenvalue weighted by atomic mass is 10.1. The van der Waals surface area contributed by atoms with Crippen LogP contribution in [0.3, 0.4) is 0 Å². The summed E-state index contributed by atoms with van der Waals surface area (Å²) in [5.74, 6) is 3.21. The Morgan fingerprint density at radius 3 is 2.91 bits per heavy atom. The van der Waals surface area contributed by atoms with Gasteiger partial charge < -0.3 is 20.1 Å². The van der Waals surface area contributed by atoms with Crippen molar-refractivity contribution in [2.24, 2.45) is 10.7 Å². The third-order valence-corrected chi connectivity index (χ3v) is 4.68. The van der Waals surface area contributed by atoms with E-state index in [1.807, 2.05) is 11.8 Å². The van der Waals surface area contributed by atoms with Gasteiger partial charge in [0, 0.05) is 36.7 Å². The molecule has 0 aliphatic carbocycles. The monoisotopic (exact) mass is 453 g/mol. The van der Waals surface area contributed by atoms with E-state index in [-0.39, 0.29) is 36.6 Å². The normalized spacial score (nSPS) is 18.0. The number of halogens is 2. The topological polar surface area (TPSA) is 60.1 Å². The van der Waals surface area contributed by atoms with E-state index >= 15 is 0 Å². The molecule has 128 valence electrons. The van der Waals surface area contributed by atoms with E-state index in [0.717, 1.165) is 41.5 Å². The molecular weight excluding hydrogens is 432 g/mol. The zero-order valence-electron chi connectivity index (χ0n) is 12.8.